The Balaban J connectivity index is 2.20. The number of aromatic nitrogens is 2. The van der Waals surface area contributed by atoms with Crippen LogP contribution in [0, 0.1) is 0 Å². The molecule has 88 valence electrons. The Morgan fingerprint density at radius 2 is 2.12 bits per heavy atom. The lowest BCUT2D eigenvalue weighted by Gasteiger charge is -2.22. The lowest BCUT2D eigenvalue weighted by molar-refractivity contribution is 0.508. The lowest BCUT2D eigenvalue weighted by atomic mass is 10.2. The predicted octanol–water partition coefficient (Wildman–Crippen LogP) is 1.67. The number of fused-ring (bicyclic) bond motifs is 1. The normalized spacial score (nSPS) is 17.4. The average Bonchev–Trinajstić information content (AvgIpc) is 2.64. The van der Waals surface area contributed by atoms with Crippen LogP contribution in [0.25, 0.3) is 16.7 Å². The molecule has 0 radical (unpaired) electrons. The van der Waals surface area contributed by atoms with Gasteiger partial charge in [-0.1, -0.05) is 27.6 Å². The van der Waals surface area contributed by atoms with Gasteiger partial charge in [0.05, 0.1) is 11.0 Å². The molecule has 0 saturated carbocycles. The van der Waals surface area contributed by atoms with Gasteiger partial charge in [-0.05, 0) is 18.6 Å². The van der Waals surface area contributed by atoms with Crippen LogP contribution >= 0.6 is 9.39 Å². The minimum Gasteiger partial charge on any atom is -0.305 e. The van der Waals surface area contributed by atoms with E-state index in [1.807, 2.05) is 24.3 Å². The zero-order valence-electron chi connectivity index (χ0n) is 9.39. The molecule has 0 amide bonds. The Morgan fingerprint density at radius 1 is 1.29 bits per heavy atom. The molecule has 0 spiro atoms. The number of H-pyrrole nitrogens is 1. The van der Waals surface area contributed by atoms with E-state index in [2.05, 4.69) is 25.1 Å². The number of para-hydroxylation sites is 2. The summed E-state index contributed by atoms with van der Waals surface area (Å²) in [6, 6.07) is 7.78. The maximum atomic E-state index is 12.0. The number of benzene rings is 1. The molecule has 1 atom stereocenters. The van der Waals surface area contributed by atoms with E-state index in [0.29, 0.717) is 0 Å². The fourth-order valence-electron chi connectivity index (χ4n) is 2.25. The lowest BCUT2D eigenvalue weighted by Crippen LogP contribution is -2.26. The van der Waals surface area contributed by atoms with E-state index in [-0.39, 0.29) is 5.69 Å². The summed E-state index contributed by atoms with van der Waals surface area (Å²) in [6.07, 6.45) is 3.12. The second kappa shape index (κ2) is 4.13. The maximum absolute atomic E-state index is 12.0. The van der Waals surface area contributed by atoms with Gasteiger partial charge in [-0.2, -0.15) is 0 Å². The standard InChI is InChI=1S/C12H14N3OP/c16-12-13-10-5-1-2-6-11(10)15(12)9-4-3-7-14(17)8-9/h1-2,4-6H,3,7-8,17H2,(H,13,16). The van der Waals surface area contributed by atoms with Crippen molar-refractivity contribution in [2.45, 2.75) is 6.42 Å². The summed E-state index contributed by atoms with van der Waals surface area (Å²) in [7, 11) is 2.70. The van der Waals surface area contributed by atoms with Crippen molar-refractivity contribution < 1.29 is 0 Å². The maximum Gasteiger partial charge on any atom is 0.330 e. The van der Waals surface area contributed by atoms with Crippen LogP contribution in [0.3, 0.4) is 0 Å². The summed E-state index contributed by atoms with van der Waals surface area (Å²) in [4.78, 5) is 14.9. The highest BCUT2D eigenvalue weighted by atomic mass is 31.0. The number of hydrogen-bond donors (Lipinski definition) is 1. The minimum atomic E-state index is -0.0576. The van der Waals surface area contributed by atoms with Gasteiger partial charge in [-0.3, -0.25) is 9.24 Å². The largest absolute Gasteiger partial charge is 0.330 e. The van der Waals surface area contributed by atoms with Gasteiger partial charge in [-0.25, -0.2) is 4.79 Å². The van der Waals surface area contributed by atoms with Gasteiger partial charge >= 0.3 is 5.69 Å². The summed E-state index contributed by atoms with van der Waals surface area (Å²) in [5.41, 5.74) is 2.83. The molecule has 1 aliphatic heterocycles. The first-order chi connectivity index (χ1) is 8.25. The Hall–Kier alpha value is -1.38. The van der Waals surface area contributed by atoms with Crippen molar-refractivity contribution in [1.29, 1.82) is 0 Å². The number of nitrogens with zero attached hydrogens (tertiary/aromatic N) is 2. The van der Waals surface area contributed by atoms with E-state index in [9.17, 15) is 4.79 Å². The van der Waals surface area contributed by atoms with Crippen molar-refractivity contribution in [2.75, 3.05) is 13.1 Å². The molecule has 0 aliphatic carbocycles. The molecule has 1 N–H and O–H groups in total. The molecule has 3 rings (SSSR count). The van der Waals surface area contributed by atoms with Crippen LogP contribution in [0.15, 0.2) is 35.1 Å². The number of imidazole rings is 1. The van der Waals surface area contributed by atoms with Gasteiger partial charge in [0.1, 0.15) is 0 Å². The summed E-state index contributed by atoms with van der Waals surface area (Å²) in [6.45, 7) is 1.80. The van der Waals surface area contributed by atoms with Crippen LogP contribution in [0.1, 0.15) is 6.42 Å². The van der Waals surface area contributed by atoms with Gasteiger partial charge in [0.15, 0.2) is 0 Å². The molecule has 4 nitrogen and oxygen atoms in total. The molecule has 2 aromatic rings. The summed E-state index contributed by atoms with van der Waals surface area (Å²) >= 11 is 0. The van der Waals surface area contributed by atoms with Gasteiger partial charge in [-0.15, -0.1) is 0 Å². The highest BCUT2D eigenvalue weighted by molar-refractivity contribution is 7.13. The first kappa shape index (κ1) is 10.8. The second-order valence-corrected chi connectivity index (χ2v) is 4.97. The molecule has 1 aromatic heterocycles. The highest BCUT2D eigenvalue weighted by Gasteiger charge is 2.14. The van der Waals surface area contributed by atoms with Gasteiger partial charge in [0.2, 0.25) is 0 Å². The van der Waals surface area contributed by atoms with Crippen molar-refractivity contribution in [1.82, 2.24) is 14.2 Å². The van der Waals surface area contributed by atoms with E-state index in [0.717, 1.165) is 36.2 Å². The van der Waals surface area contributed by atoms with Crippen LogP contribution < -0.4 is 5.69 Å². The third-order valence-corrected chi connectivity index (χ3v) is 3.48. The Labute approximate surface area is 101 Å². The summed E-state index contributed by atoms with van der Waals surface area (Å²) in [5, 5.41) is 0. The number of hydrogen-bond acceptors (Lipinski definition) is 2. The van der Waals surface area contributed by atoms with Gasteiger partial charge in [0, 0.05) is 18.8 Å². The fourth-order valence-corrected chi connectivity index (χ4v) is 2.59. The average molecular weight is 247 g/mol. The Kier molecular flexibility index (Phi) is 2.61. The van der Waals surface area contributed by atoms with E-state index < -0.39 is 0 Å². The molecule has 0 bridgehead atoms. The molecule has 17 heavy (non-hydrogen) atoms. The molecule has 1 aromatic carbocycles. The predicted molar refractivity (Wildman–Crippen MR) is 72.7 cm³/mol. The smallest absolute Gasteiger partial charge is 0.305 e. The zero-order chi connectivity index (χ0) is 11.8. The van der Waals surface area contributed by atoms with E-state index in [1.54, 1.807) is 4.57 Å². The monoisotopic (exact) mass is 247 g/mol. The highest BCUT2D eigenvalue weighted by Crippen LogP contribution is 2.20. The molecule has 2 heterocycles. The topological polar surface area (TPSA) is 41.0 Å². The van der Waals surface area contributed by atoms with E-state index >= 15 is 0 Å². The van der Waals surface area contributed by atoms with E-state index in [4.69, 9.17) is 0 Å². The summed E-state index contributed by atoms with van der Waals surface area (Å²) < 4.78 is 3.91. The number of aromatic amines is 1. The zero-order valence-corrected chi connectivity index (χ0v) is 10.5. The van der Waals surface area contributed by atoms with Crippen LogP contribution in [0.5, 0.6) is 0 Å². The quantitative estimate of drug-likeness (QED) is 0.779. The SMILES string of the molecule is O=c1[nH]c2ccccc2n1C1=CCCN(P)C1. The summed E-state index contributed by atoms with van der Waals surface area (Å²) in [5.74, 6) is 0. The number of nitrogens with one attached hydrogen (secondary N) is 1. The molecule has 0 fully saturated rings. The number of rotatable bonds is 1. The van der Waals surface area contributed by atoms with Crippen LogP contribution in [0.4, 0.5) is 0 Å². The van der Waals surface area contributed by atoms with Crippen molar-refractivity contribution in [3.8, 4) is 0 Å². The van der Waals surface area contributed by atoms with Gasteiger partial charge < -0.3 is 4.98 Å². The third kappa shape index (κ3) is 1.84. The van der Waals surface area contributed by atoms with Crippen LogP contribution in [-0.4, -0.2) is 27.3 Å². The van der Waals surface area contributed by atoms with Crippen molar-refractivity contribution >= 4 is 26.1 Å². The molecular weight excluding hydrogens is 233 g/mol. The molecule has 5 heteroatoms. The molecule has 1 unspecified atom stereocenters. The fraction of sp³-hybridized carbons (Fsp3) is 0.250. The Morgan fingerprint density at radius 3 is 2.94 bits per heavy atom. The second-order valence-electron chi connectivity index (χ2n) is 4.24. The Bertz CT molecular complexity index is 640. The molecular formula is C12H14N3OP. The molecule has 1 aliphatic rings. The third-order valence-electron chi connectivity index (χ3n) is 3.04. The first-order valence-electron chi connectivity index (χ1n) is 5.64. The van der Waals surface area contributed by atoms with Crippen LogP contribution in [-0.2, 0) is 0 Å². The van der Waals surface area contributed by atoms with Crippen molar-refractivity contribution in [2.24, 2.45) is 0 Å². The van der Waals surface area contributed by atoms with Gasteiger partial charge in [0.25, 0.3) is 0 Å². The van der Waals surface area contributed by atoms with Crippen LogP contribution in [0.2, 0.25) is 0 Å². The molecule has 0 saturated heterocycles. The van der Waals surface area contributed by atoms with Crippen molar-refractivity contribution in [3.63, 3.8) is 0 Å². The first-order valence-corrected chi connectivity index (χ1v) is 6.16. The van der Waals surface area contributed by atoms with Crippen molar-refractivity contribution in [3.05, 3.63) is 40.8 Å². The minimum absolute atomic E-state index is 0.0576. The van der Waals surface area contributed by atoms with E-state index in [1.165, 1.54) is 0 Å².